The van der Waals surface area contributed by atoms with Gasteiger partial charge in [-0.1, -0.05) is 12.8 Å². The van der Waals surface area contributed by atoms with Crippen LogP contribution in [-0.4, -0.2) is 48.0 Å². The molecule has 2 aromatic rings. The topological polar surface area (TPSA) is 95.0 Å². The third-order valence-corrected chi connectivity index (χ3v) is 6.00. The number of rotatable bonds is 3. The van der Waals surface area contributed by atoms with Gasteiger partial charge in [-0.05, 0) is 31.7 Å². The summed E-state index contributed by atoms with van der Waals surface area (Å²) in [7, 11) is 3.25. The molecule has 1 amide bonds. The number of hydrogen-bond donors (Lipinski definition) is 0. The quantitative estimate of drug-likeness (QED) is 0.778. The Balaban J connectivity index is 1.49. The molecule has 28 heavy (non-hydrogen) atoms. The van der Waals surface area contributed by atoms with Gasteiger partial charge in [-0.3, -0.25) is 14.2 Å². The fourth-order valence-corrected chi connectivity index (χ4v) is 4.40. The van der Waals surface area contributed by atoms with Crippen molar-refractivity contribution in [3.63, 3.8) is 0 Å². The fourth-order valence-electron chi connectivity index (χ4n) is 4.40. The number of aryl methyl sites for hydroxylation is 2. The first-order valence-corrected chi connectivity index (χ1v) is 9.95. The molecule has 1 saturated heterocycles. The average molecular weight is 386 g/mol. The summed E-state index contributed by atoms with van der Waals surface area (Å²) >= 11 is 0. The van der Waals surface area contributed by atoms with E-state index in [0.717, 1.165) is 44.3 Å². The zero-order valence-corrected chi connectivity index (χ0v) is 16.4. The minimum absolute atomic E-state index is 0.0326. The highest BCUT2D eigenvalue weighted by Crippen LogP contribution is 2.33. The number of carbonyl (C=O) groups excluding carboxylic acids is 1. The molecule has 0 spiro atoms. The van der Waals surface area contributed by atoms with Gasteiger partial charge < -0.3 is 4.90 Å². The van der Waals surface area contributed by atoms with Gasteiger partial charge in [-0.15, -0.1) is 0 Å². The van der Waals surface area contributed by atoms with Gasteiger partial charge in [0.1, 0.15) is 11.5 Å². The minimum Gasteiger partial charge on any atom is -0.337 e. The summed E-state index contributed by atoms with van der Waals surface area (Å²) in [6, 6.07) is 3.10. The molecule has 0 radical (unpaired) electrons. The standard InChI is InChI=1S/C19H26N6O3/c1-22-16(26)8-7-15(20-22)18(27)24-11-9-13(10-12-24)17-21-23(2)19(28)25(17)14-5-3-4-6-14/h7-8,13-14H,3-6,9-12H2,1-2H3. The van der Waals surface area contributed by atoms with Gasteiger partial charge >= 0.3 is 5.69 Å². The lowest BCUT2D eigenvalue weighted by molar-refractivity contribution is 0.0701. The molecular formula is C19H26N6O3. The third kappa shape index (κ3) is 3.29. The maximum Gasteiger partial charge on any atom is 0.345 e. The smallest absolute Gasteiger partial charge is 0.337 e. The van der Waals surface area contributed by atoms with Crippen molar-refractivity contribution in [2.24, 2.45) is 14.1 Å². The maximum absolute atomic E-state index is 12.7. The molecule has 9 nitrogen and oxygen atoms in total. The Hall–Kier alpha value is -2.71. The van der Waals surface area contributed by atoms with E-state index in [1.165, 1.54) is 28.5 Å². The number of aromatic nitrogens is 5. The van der Waals surface area contributed by atoms with Crippen molar-refractivity contribution in [2.45, 2.75) is 50.5 Å². The van der Waals surface area contributed by atoms with Crippen molar-refractivity contribution in [1.29, 1.82) is 0 Å². The van der Waals surface area contributed by atoms with Crippen molar-refractivity contribution in [3.8, 4) is 0 Å². The molecule has 0 bridgehead atoms. The number of piperidine rings is 1. The second-order valence-electron chi connectivity index (χ2n) is 7.82. The van der Waals surface area contributed by atoms with Crippen LogP contribution in [-0.2, 0) is 14.1 Å². The summed E-state index contributed by atoms with van der Waals surface area (Å²) < 4.78 is 4.53. The first-order valence-electron chi connectivity index (χ1n) is 9.95. The zero-order chi connectivity index (χ0) is 19.8. The van der Waals surface area contributed by atoms with E-state index >= 15 is 0 Å². The number of nitrogens with zero attached hydrogens (tertiary/aromatic N) is 6. The van der Waals surface area contributed by atoms with E-state index in [1.54, 1.807) is 11.9 Å². The summed E-state index contributed by atoms with van der Waals surface area (Å²) in [4.78, 5) is 38.6. The van der Waals surface area contributed by atoms with Gasteiger partial charge in [-0.25, -0.2) is 14.2 Å². The second kappa shape index (κ2) is 7.37. The molecule has 0 atom stereocenters. The number of amides is 1. The van der Waals surface area contributed by atoms with Gasteiger partial charge in [0, 0.05) is 45.2 Å². The van der Waals surface area contributed by atoms with Gasteiger partial charge in [-0.2, -0.15) is 10.2 Å². The lowest BCUT2D eigenvalue weighted by atomic mass is 9.95. The molecule has 3 heterocycles. The van der Waals surface area contributed by atoms with Gasteiger partial charge in [0.15, 0.2) is 0 Å². The Kier molecular flexibility index (Phi) is 4.91. The third-order valence-electron chi connectivity index (χ3n) is 6.00. The summed E-state index contributed by atoms with van der Waals surface area (Å²) in [5.41, 5.74) is 0.00588. The highest BCUT2D eigenvalue weighted by molar-refractivity contribution is 5.92. The summed E-state index contributed by atoms with van der Waals surface area (Å²) in [5, 5.41) is 8.60. The molecule has 2 fully saturated rings. The van der Waals surface area contributed by atoms with Gasteiger partial charge in [0.25, 0.3) is 11.5 Å². The predicted octanol–water partition coefficient (Wildman–Crippen LogP) is 0.810. The van der Waals surface area contributed by atoms with Crippen LogP contribution in [0.2, 0.25) is 0 Å². The van der Waals surface area contributed by atoms with Crippen molar-refractivity contribution in [2.75, 3.05) is 13.1 Å². The first-order chi connectivity index (χ1) is 13.5. The SMILES string of the molecule is Cn1nc(C(=O)N2CCC(c3nn(C)c(=O)n3C3CCCC3)CC2)ccc1=O. The summed E-state index contributed by atoms with van der Waals surface area (Å²) in [6.45, 7) is 1.17. The Bertz CT molecular complexity index is 990. The monoisotopic (exact) mass is 386 g/mol. The number of hydrogen-bond acceptors (Lipinski definition) is 5. The molecule has 1 aliphatic carbocycles. The van der Waals surface area contributed by atoms with Crippen LogP contribution >= 0.6 is 0 Å². The highest BCUT2D eigenvalue weighted by atomic mass is 16.2. The number of likely N-dealkylation sites (tertiary alicyclic amines) is 1. The van der Waals surface area contributed by atoms with Crippen LogP contribution in [0.4, 0.5) is 0 Å². The van der Waals surface area contributed by atoms with E-state index in [4.69, 9.17) is 0 Å². The largest absolute Gasteiger partial charge is 0.345 e. The van der Waals surface area contributed by atoms with E-state index in [9.17, 15) is 14.4 Å². The van der Waals surface area contributed by atoms with E-state index in [0.29, 0.717) is 13.1 Å². The Morgan fingerprint density at radius 2 is 1.64 bits per heavy atom. The Morgan fingerprint density at radius 3 is 2.29 bits per heavy atom. The van der Waals surface area contributed by atoms with Crippen LogP contribution in [0.5, 0.6) is 0 Å². The van der Waals surface area contributed by atoms with Crippen molar-refractivity contribution in [1.82, 2.24) is 29.0 Å². The summed E-state index contributed by atoms with van der Waals surface area (Å²) in [6.07, 6.45) is 5.92. The van der Waals surface area contributed by atoms with Crippen LogP contribution in [0.15, 0.2) is 21.7 Å². The van der Waals surface area contributed by atoms with Crippen LogP contribution < -0.4 is 11.2 Å². The Labute approximate surface area is 162 Å². The van der Waals surface area contributed by atoms with Gasteiger partial charge in [0.2, 0.25) is 0 Å². The van der Waals surface area contributed by atoms with Crippen molar-refractivity contribution < 1.29 is 4.79 Å². The van der Waals surface area contributed by atoms with Crippen LogP contribution in [0.1, 0.15) is 66.8 Å². The van der Waals surface area contributed by atoms with Crippen LogP contribution in [0.25, 0.3) is 0 Å². The molecule has 4 rings (SSSR count). The normalized spacial score (nSPS) is 18.7. The van der Waals surface area contributed by atoms with Crippen molar-refractivity contribution >= 4 is 5.91 Å². The van der Waals surface area contributed by atoms with E-state index in [1.807, 2.05) is 4.57 Å². The molecule has 150 valence electrons. The van der Waals surface area contributed by atoms with E-state index < -0.39 is 0 Å². The van der Waals surface area contributed by atoms with Gasteiger partial charge in [0.05, 0.1) is 0 Å². The Morgan fingerprint density at radius 1 is 0.964 bits per heavy atom. The lowest BCUT2D eigenvalue weighted by Crippen LogP contribution is -2.40. The van der Waals surface area contributed by atoms with Crippen molar-refractivity contribution in [3.05, 3.63) is 44.5 Å². The molecule has 0 unspecified atom stereocenters. The minimum atomic E-state index is -0.240. The molecule has 0 N–H and O–H groups in total. The number of carbonyl (C=O) groups is 1. The molecule has 2 aromatic heterocycles. The second-order valence-corrected chi connectivity index (χ2v) is 7.82. The van der Waals surface area contributed by atoms with Crippen LogP contribution in [0.3, 0.4) is 0 Å². The molecular weight excluding hydrogens is 360 g/mol. The maximum atomic E-state index is 12.7. The molecule has 1 aliphatic heterocycles. The summed E-state index contributed by atoms with van der Waals surface area (Å²) in [5.74, 6) is 0.877. The predicted molar refractivity (Wildman–Crippen MR) is 102 cm³/mol. The van der Waals surface area contributed by atoms with E-state index in [2.05, 4.69) is 10.2 Å². The van der Waals surface area contributed by atoms with E-state index in [-0.39, 0.29) is 34.8 Å². The lowest BCUT2D eigenvalue weighted by Gasteiger charge is -2.31. The highest BCUT2D eigenvalue weighted by Gasteiger charge is 2.32. The molecule has 1 saturated carbocycles. The first kappa shape index (κ1) is 18.6. The fraction of sp³-hybridized carbons (Fsp3) is 0.632. The molecule has 2 aliphatic rings. The molecule has 0 aromatic carbocycles. The average Bonchev–Trinajstić information content (AvgIpc) is 3.32. The van der Waals surface area contributed by atoms with Crippen LogP contribution in [0, 0.1) is 0 Å². The molecule has 9 heteroatoms. The zero-order valence-electron chi connectivity index (χ0n) is 16.4.